The van der Waals surface area contributed by atoms with Crippen LogP contribution in [0.15, 0.2) is 53.0 Å². The van der Waals surface area contributed by atoms with E-state index in [1.54, 1.807) is 12.1 Å². The van der Waals surface area contributed by atoms with Gasteiger partial charge in [0, 0.05) is 17.6 Å². The minimum absolute atomic E-state index is 0.311. The van der Waals surface area contributed by atoms with Gasteiger partial charge in [0.1, 0.15) is 5.75 Å². The summed E-state index contributed by atoms with van der Waals surface area (Å²) in [6.07, 6.45) is 3.02. The molecule has 0 unspecified atom stereocenters. The van der Waals surface area contributed by atoms with E-state index in [0.717, 1.165) is 23.7 Å². The highest BCUT2D eigenvalue weighted by Crippen LogP contribution is 2.23. The molecule has 158 valence electrons. The number of nitriles is 1. The van der Waals surface area contributed by atoms with Gasteiger partial charge in [-0.25, -0.2) is 0 Å². The van der Waals surface area contributed by atoms with E-state index in [4.69, 9.17) is 22.2 Å². The van der Waals surface area contributed by atoms with Crippen molar-refractivity contribution in [1.29, 1.82) is 5.26 Å². The molecular weight excluding hydrogens is 462 g/mol. The molecule has 5 nitrogen and oxygen atoms in total. The van der Waals surface area contributed by atoms with Gasteiger partial charge in [-0.05, 0) is 48.8 Å². The molecule has 0 aromatic heterocycles. The number of nitrogens with zero attached hydrogens (tertiary/aromatic N) is 2. The van der Waals surface area contributed by atoms with Gasteiger partial charge in [0.15, 0.2) is 5.11 Å². The molecule has 2 aromatic rings. The van der Waals surface area contributed by atoms with Gasteiger partial charge in [0.2, 0.25) is 0 Å². The molecule has 2 rings (SSSR count). The SMILES string of the molecule is CCCCOc1ccc(Br)cc1C(=O)NC(=S)N(CCC#N)CCc1ccccc1. The number of carbonyl (C=O) groups is 1. The topological polar surface area (TPSA) is 65.4 Å². The Labute approximate surface area is 192 Å². The number of halogens is 1. The van der Waals surface area contributed by atoms with Crippen LogP contribution in [0.25, 0.3) is 0 Å². The molecule has 30 heavy (non-hydrogen) atoms. The average Bonchev–Trinajstić information content (AvgIpc) is 2.75. The van der Waals surface area contributed by atoms with Crippen LogP contribution < -0.4 is 10.1 Å². The van der Waals surface area contributed by atoms with Crippen molar-refractivity contribution in [2.45, 2.75) is 32.6 Å². The van der Waals surface area contributed by atoms with Crippen LogP contribution in [0.3, 0.4) is 0 Å². The van der Waals surface area contributed by atoms with Crippen molar-refractivity contribution < 1.29 is 9.53 Å². The van der Waals surface area contributed by atoms with Gasteiger partial charge >= 0.3 is 0 Å². The molecule has 0 bridgehead atoms. The van der Waals surface area contributed by atoms with Gasteiger partial charge in [-0.2, -0.15) is 5.26 Å². The lowest BCUT2D eigenvalue weighted by molar-refractivity contribution is 0.0969. The van der Waals surface area contributed by atoms with E-state index in [-0.39, 0.29) is 5.91 Å². The van der Waals surface area contributed by atoms with Crippen LogP contribution in [0.2, 0.25) is 0 Å². The number of thiocarbonyl (C=S) groups is 1. The number of carbonyl (C=O) groups excluding carboxylic acids is 1. The van der Waals surface area contributed by atoms with Crippen molar-refractivity contribution >= 4 is 39.2 Å². The third-order valence-corrected chi connectivity index (χ3v) is 5.31. The van der Waals surface area contributed by atoms with Gasteiger partial charge in [0.25, 0.3) is 5.91 Å². The maximum Gasteiger partial charge on any atom is 0.261 e. The van der Waals surface area contributed by atoms with Crippen LogP contribution in [0.1, 0.15) is 42.1 Å². The summed E-state index contributed by atoms with van der Waals surface area (Å²) >= 11 is 8.91. The Kier molecular flexibility index (Phi) is 10.3. The second-order valence-electron chi connectivity index (χ2n) is 6.73. The molecule has 0 saturated heterocycles. The van der Waals surface area contributed by atoms with E-state index in [2.05, 4.69) is 34.2 Å². The third-order valence-electron chi connectivity index (χ3n) is 4.46. The number of benzene rings is 2. The molecule has 1 N–H and O–H groups in total. The van der Waals surface area contributed by atoms with Crippen molar-refractivity contribution in [1.82, 2.24) is 10.2 Å². The number of hydrogen-bond acceptors (Lipinski definition) is 4. The molecule has 0 atom stereocenters. The van der Waals surface area contributed by atoms with E-state index in [0.29, 0.717) is 42.5 Å². The van der Waals surface area contributed by atoms with Crippen LogP contribution in [0, 0.1) is 11.3 Å². The van der Waals surface area contributed by atoms with Crippen LogP contribution in [-0.4, -0.2) is 35.6 Å². The fraction of sp³-hybridized carbons (Fsp3) is 0.348. The predicted octanol–water partition coefficient (Wildman–Crippen LogP) is 5.10. The fourth-order valence-electron chi connectivity index (χ4n) is 2.78. The Morgan fingerprint density at radius 2 is 2.00 bits per heavy atom. The molecule has 2 aromatic carbocycles. The molecule has 0 aliphatic heterocycles. The quantitative estimate of drug-likeness (QED) is 0.372. The summed E-state index contributed by atoms with van der Waals surface area (Å²) in [5.41, 5.74) is 1.60. The number of amides is 1. The maximum atomic E-state index is 12.9. The highest BCUT2D eigenvalue weighted by atomic mass is 79.9. The summed E-state index contributed by atoms with van der Waals surface area (Å²) < 4.78 is 6.57. The van der Waals surface area contributed by atoms with Crippen molar-refractivity contribution in [3.8, 4) is 11.8 Å². The first-order valence-corrected chi connectivity index (χ1v) is 11.2. The smallest absolute Gasteiger partial charge is 0.261 e. The summed E-state index contributed by atoms with van der Waals surface area (Å²) in [7, 11) is 0. The van der Waals surface area contributed by atoms with Crippen LogP contribution in [-0.2, 0) is 6.42 Å². The fourth-order valence-corrected chi connectivity index (χ4v) is 3.42. The molecule has 7 heteroatoms. The molecule has 0 radical (unpaired) electrons. The van der Waals surface area contributed by atoms with Crippen LogP contribution in [0.4, 0.5) is 0 Å². The Balaban J connectivity index is 2.07. The highest BCUT2D eigenvalue weighted by molar-refractivity contribution is 9.10. The number of unbranched alkanes of at least 4 members (excludes halogenated alkanes) is 1. The summed E-state index contributed by atoms with van der Waals surface area (Å²) in [5.74, 6) is 0.203. The normalized spacial score (nSPS) is 10.2. The van der Waals surface area contributed by atoms with E-state index < -0.39 is 0 Å². The first-order chi connectivity index (χ1) is 14.5. The summed E-state index contributed by atoms with van der Waals surface area (Å²) in [5, 5.41) is 12.1. The number of nitrogens with one attached hydrogen (secondary N) is 1. The molecular formula is C23H26BrN3O2S. The number of ether oxygens (including phenoxy) is 1. The minimum Gasteiger partial charge on any atom is -0.493 e. The van der Waals surface area contributed by atoms with Gasteiger partial charge in [-0.1, -0.05) is 59.6 Å². The van der Waals surface area contributed by atoms with E-state index >= 15 is 0 Å². The van der Waals surface area contributed by atoms with Crippen molar-refractivity contribution in [3.63, 3.8) is 0 Å². The molecule has 0 aliphatic rings. The van der Waals surface area contributed by atoms with Gasteiger partial charge < -0.3 is 9.64 Å². The Bertz CT molecular complexity index is 884. The average molecular weight is 488 g/mol. The molecule has 1 amide bonds. The molecule has 0 fully saturated rings. The zero-order valence-corrected chi connectivity index (χ0v) is 19.5. The maximum absolute atomic E-state index is 12.9. The zero-order chi connectivity index (χ0) is 21.8. The van der Waals surface area contributed by atoms with E-state index in [1.807, 2.05) is 41.3 Å². The minimum atomic E-state index is -0.325. The first kappa shape index (κ1) is 23.8. The third kappa shape index (κ3) is 7.77. The number of hydrogen-bond donors (Lipinski definition) is 1. The van der Waals surface area contributed by atoms with E-state index in [9.17, 15) is 4.79 Å². The van der Waals surface area contributed by atoms with Crippen molar-refractivity contribution in [2.75, 3.05) is 19.7 Å². The zero-order valence-electron chi connectivity index (χ0n) is 17.1. The Morgan fingerprint density at radius 1 is 1.23 bits per heavy atom. The van der Waals surface area contributed by atoms with Gasteiger partial charge in [0.05, 0.1) is 24.7 Å². The monoisotopic (exact) mass is 487 g/mol. The standard InChI is InChI=1S/C23H26BrN3O2S/c1-2-3-16-29-21-11-10-19(24)17-20(21)22(28)26-23(30)27(14-7-13-25)15-12-18-8-5-4-6-9-18/h4-6,8-11,17H,2-3,7,12,14-16H2,1H3,(H,26,28,30). The van der Waals surface area contributed by atoms with Crippen LogP contribution in [0.5, 0.6) is 5.75 Å². The lowest BCUT2D eigenvalue weighted by Crippen LogP contribution is -2.44. The predicted molar refractivity (Wildman–Crippen MR) is 127 cm³/mol. The Hall–Kier alpha value is -2.43. The summed E-state index contributed by atoms with van der Waals surface area (Å²) in [4.78, 5) is 14.8. The highest BCUT2D eigenvalue weighted by Gasteiger charge is 2.18. The molecule has 0 aliphatic carbocycles. The second kappa shape index (κ2) is 13.0. The molecule has 0 saturated carbocycles. The second-order valence-corrected chi connectivity index (χ2v) is 8.03. The van der Waals surface area contributed by atoms with Gasteiger partial charge in [-0.3, -0.25) is 10.1 Å². The molecule has 0 spiro atoms. The largest absolute Gasteiger partial charge is 0.493 e. The number of rotatable bonds is 10. The van der Waals surface area contributed by atoms with Crippen molar-refractivity contribution in [2.24, 2.45) is 0 Å². The van der Waals surface area contributed by atoms with E-state index in [1.165, 1.54) is 5.56 Å². The van der Waals surface area contributed by atoms with Crippen molar-refractivity contribution in [3.05, 3.63) is 64.1 Å². The summed E-state index contributed by atoms with van der Waals surface area (Å²) in [6, 6.07) is 17.5. The summed E-state index contributed by atoms with van der Waals surface area (Å²) in [6.45, 7) is 3.71. The van der Waals surface area contributed by atoms with Gasteiger partial charge in [-0.15, -0.1) is 0 Å². The lowest BCUT2D eigenvalue weighted by Gasteiger charge is -2.25. The van der Waals surface area contributed by atoms with Crippen LogP contribution >= 0.6 is 28.1 Å². The lowest BCUT2D eigenvalue weighted by atomic mass is 10.1. The molecule has 0 heterocycles. The first-order valence-electron chi connectivity index (χ1n) is 9.98. The Morgan fingerprint density at radius 3 is 2.70 bits per heavy atom.